The molecule has 74 valence electrons. The Morgan fingerprint density at radius 3 is 2.46 bits per heavy atom. The van der Waals surface area contributed by atoms with Gasteiger partial charge in [0.05, 0.1) is 13.2 Å². The molecule has 13 heavy (non-hydrogen) atoms. The molecule has 1 rings (SSSR count). The van der Waals surface area contributed by atoms with Gasteiger partial charge >= 0.3 is 0 Å². The summed E-state index contributed by atoms with van der Waals surface area (Å²) in [5.74, 6) is 0. The van der Waals surface area contributed by atoms with E-state index in [1.54, 1.807) is 6.08 Å². The number of hydrogen-bond donors (Lipinski definition) is 3. The van der Waals surface area contributed by atoms with Gasteiger partial charge in [-0.25, -0.2) is 0 Å². The van der Waals surface area contributed by atoms with E-state index in [1.165, 1.54) is 0 Å². The normalized spacial score (nSPS) is 21.7. The molecule has 0 saturated heterocycles. The highest BCUT2D eigenvalue weighted by Crippen LogP contribution is 2.39. The molecule has 0 aliphatic heterocycles. The van der Waals surface area contributed by atoms with Crippen molar-refractivity contribution in [3.05, 3.63) is 23.9 Å². The standard InChI is InChI=1S/C10H17NO2/c1-2-8-9(11)4-3-5-10(8,6-12)7-13/h2,12-13H,1,3-7,11H2. The van der Waals surface area contributed by atoms with Gasteiger partial charge in [-0.2, -0.15) is 0 Å². The van der Waals surface area contributed by atoms with Gasteiger partial charge in [-0.1, -0.05) is 12.7 Å². The summed E-state index contributed by atoms with van der Waals surface area (Å²) < 4.78 is 0. The van der Waals surface area contributed by atoms with Crippen molar-refractivity contribution in [1.82, 2.24) is 0 Å². The van der Waals surface area contributed by atoms with Crippen molar-refractivity contribution in [2.24, 2.45) is 11.1 Å². The highest BCUT2D eigenvalue weighted by atomic mass is 16.3. The maximum absolute atomic E-state index is 9.26. The van der Waals surface area contributed by atoms with Crippen LogP contribution in [0.25, 0.3) is 0 Å². The van der Waals surface area contributed by atoms with Gasteiger partial charge in [0, 0.05) is 11.1 Å². The van der Waals surface area contributed by atoms with Crippen molar-refractivity contribution < 1.29 is 10.2 Å². The minimum Gasteiger partial charge on any atom is -0.402 e. The smallest absolute Gasteiger partial charge is 0.0550 e. The van der Waals surface area contributed by atoms with Gasteiger partial charge in [0.2, 0.25) is 0 Å². The van der Waals surface area contributed by atoms with E-state index in [0.717, 1.165) is 30.5 Å². The SMILES string of the molecule is C=CC1=C(N)CCCC1(CO)CO. The first-order valence-electron chi connectivity index (χ1n) is 4.53. The molecular formula is C10H17NO2. The average Bonchev–Trinajstić information content (AvgIpc) is 2.17. The van der Waals surface area contributed by atoms with Crippen LogP contribution in [-0.2, 0) is 0 Å². The van der Waals surface area contributed by atoms with Crippen LogP contribution in [0.5, 0.6) is 0 Å². The predicted octanol–water partition coefficient (Wildman–Crippen LogP) is 0.540. The van der Waals surface area contributed by atoms with Gasteiger partial charge in [-0.3, -0.25) is 0 Å². The van der Waals surface area contributed by atoms with Crippen LogP contribution in [0.15, 0.2) is 23.9 Å². The second-order valence-electron chi connectivity index (χ2n) is 3.59. The molecule has 0 heterocycles. The Kier molecular flexibility index (Phi) is 3.12. The molecule has 1 aliphatic rings. The summed E-state index contributed by atoms with van der Waals surface area (Å²) >= 11 is 0. The van der Waals surface area contributed by atoms with Crippen molar-refractivity contribution in [3.8, 4) is 0 Å². The average molecular weight is 183 g/mol. The van der Waals surface area contributed by atoms with E-state index in [0.29, 0.717) is 0 Å². The molecule has 0 saturated carbocycles. The van der Waals surface area contributed by atoms with Gasteiger partial charge < -0.3 is 15.9 Å². The number of rotatable bonds is 3. The molecule has 0 aromatic carbocycles. The third-order valence-corrected chi connectivity index (χ3v) is 2.83. The van der Waals surface area contributed by atoms with Crippen LogP contribution in [0, 0.1) is 5.41 Å². The summed E-state index contributed by atoms with van der Waals surface area (Å²) in [7, 11) is 0. The largest absolute Gasteiger partial charge is 0.402 e. The predicted molar refractivity (Wildman–Crippen MR) is 51.9 cm³/mol. The fourth-order valence-corrected chi connectivity index (χ4v) is 1.95. The molecule has 4 N–H and O–H groups in total. The summed E-state index contributed by atoms with van der Waals surface area (Å²) in [6, 6.07) is 0. The second kappa shape index (κ2) is 3.94. The second-order valence-corrected chi connectivity index (χ2v) is 3.59. The Hall–Kier alpha value is -0.800. The number of aliphatic hydroxyl groups excluding tert-OH is 2. The van der Waals surface area contributed by atoms with Crippen LogP contribution < -0.4 is 5.73 Å². The lowest BCUT2D eigenvalue weighted by Gasteiger charge is -2.36. The van der Waals surface area contributed by atoms with Gasteiger partial charge in [-0.05, 0) is 24.8 Å². The minimum atomic E-state index is -0.552. The topological polar surface area (TPSA) is 66.5 Å². The molecule has 0 bridgehead atoms. The molecule has 0 aromatic heterocycles. The molecule has 0 amide bonds. The summed E-state index contributed by atoms with van der Waals surface area (Å²) in [5, 5.41) is 18.5. The maximum atomic E-state index is 9.26. The first-order chi connectivity index (χ1) is 6.20. The van der Waals surface area contributed by atoms with E-state index in [9.17, 15) is 10.2 Å². The van der Waals surface area contributed by atoms with Crippen LogP contribution in [0.3, 0.4) is 0 Å². The summed E-state index contributed by atoms with van der Waals surface area (Å²) in [6.07, 6.45) is 4.19. The number of hydrogen-bond acceptors (Lipinski definition) is 3. The minimum absolute atomic E-state index is 0.0639. The highest BCUT2D eigenvalue weighted by molar-refractivity contribution is 5.32. The van der Waals surface area contributed by atoms with Crippen molar-refractivity contribution in [1.29, 1.82) is 0 Å². The van der Waals surface area contributed by atoms with Gasteiger partial charge in [0.25, 0.3) is 0 Å². The Balaban J connectivity index is 3.07. The number of nitrogens with two attached hydrogens (primary N) is 1. The summed E-state index contributed by atoms with van der Waals surface area (Å²) in [6.45, 7) is 3.54. The van der Waals surface area contributed by atoms with E-state index in [2.05, 4.69) is 6.58 Å². The third-order valence-electron chi connectivity index (χ3n) is 2.83. The molecule has 0 fully saturated rings. The van der Waals surface area contributed by atoms with Gasteiger partial charge in [0.1, 0.15) is 0 Å². The zero-order valence-corrected chi connectivity index (χ0v) is 7.79. The first-order valence-corrected chi connectivity index (χ1v) is 4.53. The Morgan fingerprint density at radius 1 is 1.46 bits per heavy atom. The number of allylic oxidation sites excluding steroid dienone is 2. The Morgan fingerprint density at radius 2 is 2.08 bits per heavy atom. The van der Waals surface area contributed by atoms with Crippen LogP contribution in [0.2, 0.25) is 0 Å². The van der Waals surface area contributed by atoms with Gasteiger partial charge in [0.15, 0.2) is 0 Å². The molecule has 0 atom stereocenters. The zero-order chi connectivity index (χ0) is 9.90. The lowest BCUT2D eigenvalue weighted by atomic mass is 9.72. The third kappa shape index (κ3) is 1.62. The molecule has 0 aromatic rings. The fraction of sp³-hybridized carbons (Fsp3) is 0.600. The Bertz CT molecular complexity index is 229. The molecular weight excluding hydrogens is 166 g/mol. The quantitative estimate of drug-likeness (QED) is 0.598. The first kappa shape index (κ1) is 10.3. The molecule has 0 spiro atoms. The van der Waals surface area contributed by atoms with E-state index in [4.69, 9.17) is 5.73 Å². The van der Waals surface area contributed by atoms with Crippen molar-refractivity contribution in [2.45, 2.75) is 19.3 Å². The van der Waals surface area contributed by atoms with Crippen molar-refractivity contribution in [3.63, 3.8) is 0 Å². The van der Waals surface area contributed by atoms with Crippen molar-refractivity contribution in [2.75, 3.05) is 13.2 Å². The van der Waals surface area contributed by atoms with E-state index in [1.807, 2.05) is 0 Å². The maximum Gasteiger partial charge on any atom is 0.0550 e. The lowest BCUT2D eigenvalue weighted by Crippen LogP contribution is -2.35. The van der Waals surface area contributed by atoms with Crippen LogP contribution in [-0.4, -0.2) is 23.4 Å². The van der Waals surface area contributed by atoms with Crippen LogP contribution >= 0.6 is 0 Å². The van der Waals surface area contributed by atoms with E-state index >= 15 is 0 Å². The molecule has 1 aliphatic carbocycles. The number of aliphatic hydroxyl groups is 2. The summed E-state index contributed by atoms with van der Waals surface area (Å²) in [5.41, 5.74) is 6.83. The van der Waals surface area contributed by atoms with Crippen LogP contribution in [0.1, 0.15) is 19.3 Å². The molecule has 3 nitrogen and oxygen atoms in total. The molecule has 3 heteroatoms. The molecule has 0 radical (unpaired) electrons. The zero-order valence-electron chi connectivity index (χ0n) is 7.79. The lowest BCUT2D eigenvalue weighted by molar-refractivity contribution is 0.0725. The van der Waals surface area contributed by atoms with Gasteiger partial charge in [-0.15, -0.1) is 0 Å². The van der Waals surface area contributed by atoms with Crippen molar-refractivity contribution >= 4 is 0 Å². The van der Waals surface area contributed by atoms with E-state index < -0.39 is 5.41 Å². The summed E-state index contributed by atoms with van der Waals surface area (Å²) in [4.78, 5) is 0. The highest BCUT2D eigenvalue weighted by Gasteiger charge is 2.35. The van der Waals surface area contributed by atoms with Crippen LogP contribution in [0.4, 0.5) is 0 Å². The monoisotopic (exact) mass is 183 g/mol. The fourth-order valence-electron chi connectivity index (χ4n) is 1.95. The van der Waals surface area contributed by atoms with E-state index in [-0.39, 0.29) is 13.2 Å². The molecule has 0 unspecified atom stereocenters. The Labute approximate surface area is 78.6 Å².